The van der Waals surface area contributed by atoms with Gasteiger partial charge in [0.25, 0.3) is 11.4 Å². The zero-order valence-corrected chi connectivity index (χ0v) is 21.3. The van der Waals surface area contributed by atoms with E-state index >= 15 is 0 Å². The Morgan fingerprint density at radius 3 is 1.51 bits per heavy atom. The number of anilines is 1. The average Bonchev–Trinajstić information content (AvgIpc) is 3.53. The van der Waals surface area contributed by atoms with E-state index in [2.05, 4.69) is 25.9 Å². The van der Waals surface area contributed by atoms with Crippen LogP contribution in [0, 0.1) is 20.2 Å². The molecular formula is C29H24BrN5O4. The van der Waals surface area contributed by atoms with Gasteiger partial charge >= 0.3 is 0 Å². The van der Waals surface area contributed by atoms with Crippen LogP contribution in [-0.4, -0.2) is 19.8 Å². The molecule has 10 heteroatoms. The summed E-state index contributed by atoms with van der Waals surface area (Å²) in [6, 6.07) is 28.6. The molecule has 0 bridgehead atoms. The van der Waals surface area contributed by atoms with Crippen molar-refractivity contribution in [3.05, 3.63) is 122 Å². The Labute approximate surface area is 231 Å². The number of rotatable bonds is 4. The van der Waals surface area contributed by atoms with Gasteiger partial charge in [-0.05, 0) is 83.9 Å². The van der Waals surface area contributed by atoms with Crippen LogP contribution in [-0.2, 0) is 0 Å². The molecule has 0 saturated heterocycles. The maximum atomic E-state index is 10.6. The highest BCUT2D eigenvalue weighted by atomic mass is 79.9. The molecule has 9 nitrogen and oxygen atoms in total. The van der Waals surface area contributed by atoms with Crippen LogP contribution in [0.1, 0.15) is 7.43 Å². The second-order valence-electron chi connectivity index (χ2n) is 8.55. The van der Waals surface area contributed by atoms with Gasteiger partial charge in [-0.15, -0.1) is 0 Å². The van der Waals surface area contributed by atoms with Crippen LogP contribution < -0.4 is 5.73 Å². The summed E-state index contributed by atoms with van der Waals surface area (Å²) in [6.45, 7) is 0. The fraction of sp³-hybridized carbons (Fsp3) is 0.0345. The highest BCUT2D eigenvalue weighted by Gasteiger charge is 2.09. The van der Waals surface area contributed by atoms with Gasteiger partial charge in [0.05, 0.1) is 9.85 Å². The number of nitro benzene ring substituents is 2. The largest absolute Gasteiger partial charge is 0.399 e. The highest BCUT2D eigenvalue weighted by Crippen LogP contribution is 2.28. The van der Waals surface area contributed by atoms with E-state index in [1.807, 2.05) is 48.5 Å². The SMILES string of the molecule is C.Nc1ccc2[nH]c(-c3ccc([N+](=O)[O-])cc3)cc2c1.O=[N+]([O-])c1ccc(-c2cc3cc(Br)ccc3[nH]2)cc1. The summed E-state index contributed by atoms with van der Waals surface area (Å²) in [5.41, 5.74) is 12.4. The minimum absolute atomic E-state index is 0. The lowest BCUT2D eigenvalue weighted by atomic mass is 10.1. The van der Waals surface area contributed by atoms with Gasteiger partial charge in [0.2, 0.25) is 0 Å². The Bertz CT molecular complexity index is 1660. The minimum atomic E-state index is -0.407. The number of non-ortho nitro benzene ring substituents is 2. The Balaban J connectivity index is 0.000000176. The molecular weight excluding hydrogens is 562 g/mol. The summed E-state index contributed by atoms with van der Waals surface area (Å²) in [5.74, 6) is 0. The summed E-state index contributed by atoms with van der Waals surface area (Å²) < 4.78 is 1.02. The first kappa shape index (κ1) is 27.1. The smallest absolute Gasteiger partial charge is 0.269 e. The first-order valence-electron chi connectivity index (χ1n) is 11.4. The molecule has 2 heterocycles. The van der Waals surface area contributed by atoms with Crippen LogP contribution >= 0.6 is 15.9 Å². The highest BCUT2D eigenvalue weighted by molar-refractivity contribution is 9.10. The molecule has 0 aliphatic rings. The lowest BCUT2D eigenvalue weighted by Crippen LogP contribution is -1.87. The molecule has 6 rings (SSSR count). The standard InChI is InChI=1S/C14H9BrN2O2.C14H11N3O2.CH4/c2*15-11-3-6-13-10(7-11)8-14(16-13)9-1-4-12(5-2-9)17(18)19;/h1-8,16H;1-8,16H,15H2;1H4. The molecule has 39 heavy (non-hydrogen) atoms. The molecule has 0 radical (unpaired) electrons. The number of benzene rings is 4. The molecule has 0 saturated carbocycles. The van der Waals surface area contributed by atoms with E-state index in [0.717, 1.165) is 48.8 Å². The van der Waals surface area contributed by atoms with E-state index in [4.69, 9.17) is 5.73 Å². The number of fused-ring (bicyclic) bond motifs is 2. The molecule has 0 unspecified atom stereocenters. The average molecular weight is 586 g/mol. The van der Waals surface area contributed by atoms with Crippen molar-refractivity contribution in [2.75, 3.05) is 5.73 Å². The summed E-state index contributed by atoms with van der Waals surface area (Å²) >= 11 is 3.43. The van der Waals surface area contributed by atoms with Gasteiger partial charge in [-0.25, -0.2) is 0 Å². The van der Waals surface area contributed by atoms with Crippen LogP contribution in [0.3, 0.4) is 0 Å². The molecule has 0 amide bonds. The number of nitro groups is 2. The van der Waals surface area contributed by atoms with Gasteiger partial charge in [0, 0.05) is 67.6 Å². The van der Waals surface area contributed by atoms with E-state index in [9.17, 15) is 20.2 Å². The van der Waals surface area contributed by atoms with E-state index in [-0.39, 0.29) is 18.8 Å². The zero-order valence-electron chi connectivity index (χ0n) is 19.7. The maximum Gasteiger partial charge on any atom is 0.269 e. The second kappa shape index (κ2) is 11.2. The molecule has 4 N–H and O–H groups in total. The number of nitrogens with zero attached hydrogens (tertiary/aromatic N) is 2. The Morgan fingerprint density at radius 2 is 1.05 bits per heavy atom. The number of nitrogens with one attached hydrogen (secondary N) is 2. The first-order chi connectivity index (χ1) is 18.3. The van der Waals surface area contributed by atoms with E-state index in [1.165, 1.54) is 24.3 Å². The predicted molar refractivity (Wildman–Crippen MR) is 160 cm³/mol. The topological polar surface area (TPSA) is 144 Å². The maximum absolute atomic E-state index is 10.6. The fourth-order valence-corrected chi connectivity index (χ4v) is 4.47. The Kier molecular flexibility index (Phi) is 7.78. The monoisotopic (exact) mass is 585 g/mol. The number of aromatic nitrogens is 2. The number of nitrogens with two attached hydrogens (primary N) is 1. The van der Waals surface area contributed by atoms with E-state index in [0.29, 0.717) is 5.69 Å². The molecule has 2 aromatic heterocycles. The van der Waals surface area contributed by atoms with Gasteiger partial charge in [-0.1, -0.05) is 23.4 Å². The van der Waals surface area contributed by atoms with Crippen molar-refractivity contribution in [1.29, 1.82) is 0 Å². The van der Waals surface area contributed by atoms with Gasteiger partial charge in [-0.3, -0.25) is 20.2 Å². The lowest BCUT2D eigenvalue weighted by Gasteiger charge is -1.97. The van der Waals surface area contributed by atoms with Crippen LogP contribution in [0.2, 0.25) is 0 Å². The van der Waals surface area contributed by atoms with Crippen molar-refractivity contribution in [3.63, 3.8) is 0 Å². The molecule has 196 valence electrons. The summed E-state index contributed by atoms with van der Waals surface area (Å²) in [4.78, 5) is 27.0. The normalized spacial score (nSPS) is 10.5. The molecule has 0 atom stereocenters. The third-order valence-corrected chi connectivity index (χ3v) is 6.50. The van der Waals surface area contributed by atoms with Crippen molar-refractivity contribution >= 4 is 54.8 Å². The Morgan fingerprint density at radius 1 is 0.615 bits per heavy atom. The lowest BCUT2D eigenvalue weighted by molar-refractivity contribution is -0.385. The van der Waals surface area contributed by atoms with Gasteiger partial charge in [-0.2, -0.15) is 0 Å². The summed E-state index contributed by atoms with van der Waals surface area (Å²) in [7, 11) is 0. The van der Waals surface area contributed by atoms with Crippen LogP contribution in [0.4, 0.5) is 17.1 Å². The quantitative estimate of drug-likeness (QED) is 0.108. The van der Waals surface area contributed by atoms with E-state index < -0.39 is 9.85 Å². The van der Waals surface area contributed by atoms with Crippen molar-refractivity contribution in [1.82, 2.24) is 9.97 Å². The molecule has 0 fully saturated rings. The minimum Gasteiger partial charge on any atom is -0.399 e. The number of hydrogen-bond acceptors (Lipinski definition) is 5. The third-order valence-electron chi connectivity index (χ3n) is 6.01. The molecule has 0 spiro atoms. The molecule has 0 aliphatic heterocycles. The molecule has 4 aromatic carbocycles. The number of halogens is 1. The fourth-order valence-electron chi connectivity index (χ4n) is 4.09. The van der Waals surface area contributed by atoms with Crippen molar-refractivity contribution in [2.24, 2.45) is 0 Å². The molecule has 6 aromatic rings. The van der Waals surface area contributed by atoms with E-state index in [1.54, 1.807) is 24.3 Å². The van der Waals surface area contributed by atoms with Crippen molar-refractivity contribution < 1.29 is 9.85 Å². The van der Waals surface area contributed by atoms with Crippen molar-refractivity contribution in [3.8, 4) is 22.5 Å². The summed E-state index contributed by atoms with van der Waals surface area (Å²) in [5, 5.41) is 23.4. The number of H-pyrrole nitrogens is 2. The molecule has 0 aliphatic carbocycles. The third kappa shape index (κ3) is 5.97. The Hall–Kier alpha value is -4.96. The number of nitrogen functional groups attached to an aromatic ring is 1. The van der Waals surface area contributed by atoms with Crippen LogP contribution in [0.15, 0.2) is 102 Å². The second-order valence-corrected chi connectivity index (χ2v) is 9.47. The first-order valence-corrected chi connectivity index (χ1v) is 12.2. The van der Waals surface area contributed by atoms with Gasteiger partial charge in [0.15, 0.2) is 0 Å². The predicted octanol–water partition coefficient (Wildman–Crippen LogP) is 8.47. The van der Waals surface area contributed by atoms with Gasteiger partial charge in [0.1, 0.15) is 0 Å². The van der Waals surface area contributed by atoms with Crippen LogP contribution in [0.5, 0.6) is 0 Å². The zero-order chi connectivity index (χ0) is 26.8. The number of aromatic amines is 2. The van der Waals surface area contributed by atoms with Crippen molar-refractivity contribution in [2.45, 2.75) is 7.43 Å². The number of hydrogen-bond donors (Lipinski definition) is 3. The van der Waals surface area contributed by atoms with Gasteiger partial charge < -0.3 is 15.7 Å². The van der Waals surface area contributed by atoms with Crippen LogP contribution in [0.25, 0.3) is 44.3 Å². The summed E-state index contributed by atoms with van der Waals surface area (Å²) in [6.07, 6.45) is 0.